The molecule has 0 spiro atoms. The Morgan fingerprint density at radius 1 is 0.370 bits per heavy atom. The highest BCUT2D eigenvalue weighted by Gasteiger charge is 2.24. The maximum Gasteiger partial charge on any atom is 0.342 e. The zero-order valence-corrected chi connectivity index (χ0v) is 63.1. The van der Waals surface area contributed by atoms with Crippen molar-refractivity contribution in [2.45, 2.75) is 309 Å². The van der Waals surface area contributed by atoms with E-state index < -0.39 is 5.97 Å². The van der Waals surface area contributed by atoms with Crippen molar-refractivity contribution in [2.75, 3.05) is 73.7 Å². The highest BCUT2D eigenvalue weighted by Crippen LogP contribution is 2.39. The van der Waals surface area contributed by atoms with E-state index in [1.165, 1.54) is 127 Å². The maximum absolute atomic E-state index is 12.8. The van der Waals surface area contributed by atoms with Gasteiger partial charge in [-0.25, -0.2) is 4.79 Å². The maximum atomic E-state index is 12.8. The molecule has 1 unspecified atom stereocenters. The summed E-state index contributed by atoms with van der Waals surface area (Å²) in [6.45, 7) is 13.5. The van der Waals surface area contributed by atoms with Crippen molar-refractivity contribution in [1.82, 2.24) is 0 Å². The first-order valence-corrected chi connectivity index (χ1v) is 39.7. The second kappa shape index (κ2) is 57.6. The van der Waals surface area contributed by atoms with Gasteiger partial charge in [0.15, 0.2) is 6.29 Å². The number of carbonyl (C=O) groups excluding carboxylic acids is 5. The van der Waals surface area contributed by atoms with E-state index in [2.05, 4.69) is 76.2 Å². The molecule has 3 aromatic rings. The van der Waals surface area contributed by atoms with Crippen LogP contribution in [0.5, 0.6) is 23.0 Å². The SMILES string of the molecule is CCCC1CCC(c2ccc(OC)cc2)CC1.CCCCCCCOC(=O)CCC(=O)OCCCCCCOc1ccc(C2CCC(CCC)CC2)cc1.CCCCCCCOC(=O)CCC(=O)OCCCCCCOc1ccc(OC)cc1C(=O)OCCCCCCOC1CCCCO1. The van der Waals surface area contributed by atoms with Crippen molar-refractivity contribution in [3.63, 3.8) is 0 Å². The Morgan fingerprint density at radius 2 is 0.750 bits per heavy atom. The van der Waals surface area contributed by atoms with Gasteiger partial charge in [-0.3, -0.25) is 19.2 Å². The molecule has 0 N–H and O–H groups in total. The molecule has 1 atom stereocenters. The lowest BCUT2D eigenvalue weighted by Crippen LogP contribution is -2.22. The molecule has 2 aliphatic carbocycles. The van der Waals surface area contributed by atoms with Crippen molar-refractivity contribution in [3.05, 3.63) is 83.4 Å². The predicted octanol–water partition coefficient (Wildman–Crippen LogP) is 21.0. The van der Waals surface area contributed by atoms with Crippen LogP contribution in [0, 0.1) is 11.8 Å². The minimum atomic E-state index is -0.427. The van der Waals surface area contributed by atoms with Crippen molar-refractivity contribution in [1.29, 1.82) is 0 Å². The van der Waals surface area contributed by atoms with Gasteiger partial charge in [-0.1, -0.05) is 135 Å². The third-order valence-corrected chi connectivity index (χ3v) is 19.4. The lowest BCUT2D eigenvalue weighted by molar-refractivity contribution is -0.162. The fourth-order valence-corrected chi connectivity index (χ4v) is 13.2. The van der Waals surface area contributed by atoms with E-state index in [1.807, 2.05) is 0 Å². The van der Waals surface area contributed by atoms with Crippen LogP contribution in [0.1, 0.15) is 324 Å². The molecule has 16 nitrogen and oxygen atoms in total. The molecule has 0 radical (unpaired) electrons. The van der Waals surface area contributed by atoms with E-state index in [-0.39, 0.29) is 55.9 Å². The average molecular weight is 1400 g/mol. The molecule has 3 aromatic carbocycles. The predicted molar refractivity (Wildman–Crippen MR) is 398 cm³/mol. The van der Waals surface area contributed by atoms with Gasteiger partial charge in [0.1, 0.15) is 28.6 Å². The summed E-state index contributed by atoms with van der Waals surface area (Å²) in [5, 5.41) is 0. The molecule has 2 saturated carbocycles. The summed E-state index contributed by atoms with van der Waals surface area (Å²) in [5.74, 6) is 4.61. The van der Waals surface area contributed by atoms with Crippen LogP contribution in [0.2, 0.25) is 0 Å². The quantitative estimate of drug-likeness (QED) is 0.0295. The van der Waals surface area contributed by atoms with Gasteiger partial charge in [0, 0.05) is 13.2 Å². The lowest BCUT2D eigenvalue weighted by atomic mass is 9.77. The van der Waals surface area contributed by atoms with E-state index in [1.54, 1.807) is 32.4 Å². The first-order chi connectivity index (χ1) is 49.0. The van der Waals surface area contributed by atoms with E-state index in [0.717, 1.165) is 164 Å². The van der Waals surface area contributed by atoms with Crippen molar-refractivity contribution < 1.29 is 76.1 Å². The fourth-order valence-electron chi connectivity index (χ4n) is 13.2. The Hall–Kier alpha value is -5.87. The van der Waals surface area contributed by atoms with Crippen LogP contribution in [0.25, 0.3) is 0 Å². The molecule has 0 bridgehead atoms. The largest absolute Gasteiger partial charge is 0.497 e. The van der Waals surface area contributed by atoms with Crippen LogP contribution in [0.15, 0.2) is 66.7 Å². The molecule has 1 saturated heterocycles. The Kier molecular flexibility index (Phi) is 49.9. The van der Waals surface area contributed by atoms with Crippen molar-refractivity contribution >= 4 is 29.8 Å². The third-order valence-electron chi connectivity index (χ3n) is 19.4. The van der Waals surface area contributed by atoms with Gasteiger partial charge < -0.3 is 52.1 Å². The summed E-state index contributed by atoms with van der Waals surface area (Å²) >= 11 is 0. The number of esters is 5. The Balaban J connectivity index is 0.000000348. The van der Waals surface area contributed by atoms with Gasteiger partial charge in [0.25, 0.3) is 0 Å². The van der Waals surface area contributed by atoms with Gasteiger partial charge in [-0.2, -0.15) is 0 Å². The van der Waals surface area contributed by atoms with E-state index in [4.69, 9.17) is 52.1 Å². The topological polar surface area (TPSA) is 187 Å². The molecule has 6 rings (SSSR count). The number of benzene rings is 3. The molecule has 16 heteroatoms. The summed E-state index contributed by atoms with van der Waals surface area (Å²) in [4.78, 5) is 60.0. The molecule has 0 amide bonds. The summed E-state index contributed by atoms with van der Waals surface area (Å²) in [6.07, 6.45) is 41.9. The minimum Gasteiger partial charge on any atom is -0.497 e. The summed E-state index contributed by atoms with van der Waals surface area (Å²) in [6, 6.07) is 22.5. The standard InChI is InChI=1S/C36H58O10.C32H52O5.C16H24O/c1-3-4-5-6-13-24-42-33(37)21-22-34(38)43-25-14-8-7-12-23-41-32-20-19-30(40-2)29-31(32)36(39)46-28-16-10-9-15-26-44-35-18-11-17-27-45-35;1-3-5-6-7-11-25-36-31(33)22-23-32(34)37-26-12-9-8-10-24-35-30-20-18-29(19-21-30)28-16-14-27(13-4-2)15-17-28;1-3-4-13-5-7-14(8-6-13)15-9-11-16(17-2)12-10-15/h19-20,29,35H,3-18,21-28H2,1-2H3;18-21,27-28H,3-17,22-26H2,1-2H3;9-14H,3-8H2,1-2H3. The van der Waals surface area contributed by atoms with Crippen LogP contribution < -0.4 is 18.9 Å². The van der Waals surface area contributed by atoms with Gasteiger partial charge in [0.05, 0.1) is 86.2 Å². The third kappa shape index (κ3) is 41.3. The first-order valence-electron chi connectivity index (χ1n) is 39.7. The second-order valence-corrected chi connectivity index (χ2v) is 27.7. The molecule has 566 valence electrons. The molecule has 0 aromatic heterocycles. The molecular weight excluding hydrogens is 1260 g/mol. The van der Waals surface area contributed by atoms with Gasteiger partial charge in [-0.05, 0) is 231 Å². The smallest absolute Gasteiger partial charge is 0.342 e. The lowest BCUT2D eigenvalue weighted by Gasteiger charge is -2.28. The summed E-state index contributed by atoms with van der Waals surface area (Å²) in [5.41, 5.74) is 3.32. The zero-order valence-electron chi connectivity index (χ0n) is 63.1. The van der Waals surface area contributed by atoms with Gasteiger partial charge in [-0.15, -0.1) is 0 Å². The minimum absolute atomic E-state index is 0.0428. The molecule has 3 fully saturated rings. The van der Waals surface area contributed by atoms with Crippen LogP contribution in [0.4, 0.5) is 0 Å². The van der Waals surface area contributed by atoms with Crippen molar-refractivity contribution in [2.24, 2.45) is 11.8 Å². The van der Waals surface area contributed by atoms with Crippen LogP contribution in [-0.2, 0) is 52.3 Å². The average Bonchev–Trinajstić information content (AvgIpc) is 0.899. The first kappa shape index (κ1) is 86.5. The fraction of sp³-hybridized carbons (Fsp3) is 0.726. The van der Waals surface area contributed by atoms with Gasteiger partial charge in [0.2, 0.25) is 0 Å². The van der Waals surface area contributed by atoms with Crippen LogP contribution >= 0.6 is 0 Å². The molecule has 3 aliphatic rings. The number of ether oxygens (including phenoxy) is 11. The molecular formula is C84H134O16. The zero-order chi connectivity index (χ0) is 71.7. The summed E-state index contributed by atoms with van der Waals surface area (Å²) < 4.78 is 60.0. The monoisotopic (exact) mass is 1400 g/mol. The molecule has 1 heterocycles. The normalized spacial score (nSPS) is 17.2. The second-order valence-electron chi connectivity index (χ2n) is 27.7. The number of unbranched alkanes of at least 4 members (excludes halogenated alkanes) is 17. The van der Waals surface area contributed by atoms with E-state index in [0.29, 0.717) is 69.9 Å². The number of methoxy groups -OCH3 is 2. The van der Waals surface area contributed by atoms with Crippen LogP contribution in [-0.4, -0.2) is 110 Å². The van der Waals surface area contributed by atoms with Crippen LogP contribution in [0.3, 0.4) is 0 Å². The highest BCUT2D eigenvalue weighted by atomic mass is 16.7. The highest BCUT2D eigenvalue weighted by molar-refractivity contribution is 5.93. The Labute approximate surface area is 604 Å². The van der Waals surface area contributed by atoms with Crippen molar-refractivity contribution in [3.8, 4) is 23.0 Å². The summed E-state index contributed by atoms with van der Waals surface area (Å²) in [7, 11) is 3.28. The Morgan fingerprint density at radius 3 is 1.15 bits per heavy atom. The number of carbonyl (C=O) groups is 5. The number of hydrogen-bond acceptors (Lipinski definition) is 16. The van der Waals surface area contributed by atoms with E-state index in [9.17, 15) is 24.0 Å². The molecule has 1 aliphatic heterocycles. The molecule has 100 heavy (non-hydrogen) atoms. The van der Waals surface area contributed by atoms with Gasteiger partial charge >= 0.3 is 29.8 Å². The Bertz CT molecular complexity index is 2530. The van der Waals surface area contributed by atoms with E-state index >= 15 is 0 Å². The number of rotatable bonds is 51. The number of hydrogen-bond donors (Lipinski definition) is 0.